The number of aromatic nitrogens is 4. The predicted molar refractivity (Wildman–Crippen MR) is 90.1 cm³/mol. The van der Waals surface area contributed by atoms with Crippen molar-refractivity contribution < 1.29 is 5.11 Å². The second-order valence-electron chi connectivity index (χ2n) is 4.73. The lowest BCUT2D eigenvalue weighted by Crippen LogP contribution is -2.05. The zero-order valence-corrected chi connectivity index (χ0v) is 13.5. The fraction of sp³-hybridized carbons (Fsp3) is 0.133. The third kappa shape index (κ3) is 3.61. The minimum Gasteiger partial charge on any atom is -0.394 e. The number of rotatable bonds is 5. The molecule has 0 radical (unpaired) electrons. The molecule has 0 unspecified atom stereocenters. The molecule has 0 bridgehead atoms. The Labute approximate surface area is 142 Å². The molecule has 0 fully saturated rings. The SMILES string of the molecule is OCCn1nnc(-c2ccccc2Nc2ccc(Cl)c(Cl)c2)n1. The highest BCUT2D eigenvalue weighted by Crippen LogP contribution is 2.30. The minimum absolute atomic E-state index is 0.0427. The van der Waals surface area contributed by atoms with Gasteiger partial charge in [0.05, 0.1) is 23.2 Å². The number of aliphatic hydroxyl groups is 1. The van der Waals surface area contributed by atoms with Gasteiger partial charge in [0.2, 0.25) is 5.82 Å². The van der Waals surface area contributed by atoms with Crippen molar-refractivity contribution in [3.05, 3.63) is 52.5 Å². The Morgan fingerprint density at radius 3 is 2.70 bits per heavy atom. The number of halogens is 2. The molecular weight excluding hydrogens is 337 g/mol. The van der Waals surface area contributed by atoms with E-state index >= 15 is 0 Å². The van der Waals surface area contributed by atoms with Crippen LogP contribution in [0, 0.1) is 0 Å². The van der Waals surface area contributed by atoms with E-state index in [-0.39, 0.29) is 6.61 Å². The molecular formula is C15H13Cl2N5O. The van der Waals surface area contributed by atoms with Crippen LogP contribution in [0.4, 0.5) is 11.4 Å². The number of hydrogen-bond acceptors (Lipinski definition) is 5. The summed E-state index contributed by atoms with van der Waals surface area (Å²) in [7, 11) is 0. The summed E-state index contributed by atoms with van der Waals surface area (Å²) in [5.74, 6) is 0.474. The van der Waals surface area contributed by atoms with Crippen molar-refractivity contribution in [3.63, 3.8) is 0 Å². The van der Waals surface area contributed by atoms with Crippen LogP contribution in [0.3, 0.4) is 0 Å². The van der Waals surface area contributed by atoms with Gasteiger partial charge in [0.15, 0.2) is 0 Å². The molecule has 0 saturated heterocycles. The zero-order valence-electron chi connectivity index (χ0n) is 11.9. The lowest BCUT2D eigenvalue weighted by Gasteiger charge is -2.10. The summed E-state index contributed by atoms with van der Waals surface area (Å²) in [5, 5.41) is 25.4. The van der Waals surface area contributed by atoms with Crippen LogP contribution in [-0.4, -0.2) is 31.9 Å². The van der Waals surface area contributed by atoms with Gasteiger partial charge in [-0.05, 0) is 35.5 Å². The largest absolute Gasteiger partial charge is 0.394 e. The van der Waals surface area contributed by atoms with Crippen LogP contribution < -0.4 is 5.32 Å². The van der Waals surface area contributed by atoms with Crippen molar-refractivity contribution in [2.45, 2.75) is 6.54 Å². The van der Waals surface area contributed by atoms with Crippen molar-refractivity contribution in [2.75, 3.05) is 11.9 Å². The van der Waals surface area contributed by atoms with Crippen LogP contribution in [0.15, 0.2) is 42.5 Å². The molecule has 23 heavy (non-hydrogen) atoms. The molecule has 0 aliphatic heterocycles. The topological polar surface area (TPSA) is 75.9 Å². The normalized spacial score (nSPS) is 10.7. The molecule has 0 atom stereocenters. The van der Waals surface area contributed by atoms with Crippen molar-refractivity contribution in [2.24, 2.45) is 0 Å². The first-order valence-electron chi connectivity index (χ1n) is 6.87. The van der Waals surface area contributed by atoms with E-state index in [1.54, 1.807) is 12.1 Å². The van der Waals surface area contributed by atoms with Crippen molar-refractivity contribution in [1.29, 1.82) is 0 Å². The Kier molecular flexibility index (Phi) is 4.76. The highest BCUT2D eigenvalue weighted by atomic mass is 35.5. The summed E-state index contributed by atoms with van der Waals surface area (Å²) in [6, 6.07) is 12.9. The molecule has 0 aliphatic rings. The third-order valence-corrected chi connectivity index (χ3v) is 3.86. The number of nitrogens with zero attached hydrogens (tertiary/aromatic N) is 4. The van der Waals surface area contributed by atoms with E-state index in [4.69, 9.17) is 28.3 Å². The quantitative estimate of drug-likeness (QED) is 0.738. The van der Waals surface area contributed by atoms with Gasteiger partial charge in [0.25, 0.3) is 0 Å². The molecule has 118 valence electrons. The molecule has 1 heterocycles. The number of benzene rings is 2. The highest BCUT2D eigenvalue weighted by molar-refractivity contribution is 6.42. The van der Waals surface area contributed by atoms with Crippen molar-refractivity contribution in [1.82, 2.24) is 20.2 Å². The van der Waals surface area contributed by atoms with Gasteiger partial charge in [0.1, 0.15) is 0 Å². The summed E-state index contributed by atoms with van der Waals surface area (Å²) in [6.45, 7) is 0.258. The summed E-state index contributed by atoms with van der Waals surface area (Å²) in [4.78, 5) is 1.35. The minimum atomic E-state index is -0.0427. The lowest BCUT2D eigenvalue weighted by atomic mass is 10.1. The first kappa shape index (κ1) is 15.7. The van der Waals surface area contributed by atoms with Crippen LogP contribution in [0.2, 0.25) is 10.0 Å². The molecule has 0 saturated carbocycles. The second-order valence-corrected chi connectivity index (χ2v) is 5.55. The Balaban J connectivity index is 1.92. The third-order valence-electron chi connectivity index (χ3n) is 3.12. The smallest absolute Gasteiger partial charge is 0.207 e. The molecule has 0 amide bonds. The number of nitrogens with one attached hydrogen (secondary N) is 1. The fourth-order valence-electron chi connectivity index (χ4n) is 2.05. The molecule has 2 aromatic carbocycles. The molecule has 2 N–H and O–H groups in total. The number of anilines is 2. The summed E-state index contributed by atoms with van der Waals surface area (Å²) < 4.78 is 0. The van der Waals surface area contributed by atoms with Crippen molar-refractivity contribution >= 4 is 34.6 Å². The van der Waals surface area contributed by atoms with Gasteiger partial charge in [-0.1, -0.05) is 35.3 Å². The number of aliphatic hydroxyl groups excluding tert-OH is 1. The molecule has 0 aliphatic carbocycles. The Bertz CT molecular complexity index is 821. The summed E-state index contributed by atoms with van der Waals surface area (Å²) >= 11 is 12.0. The van der Waals surface area contributed by atoms with E-state index in [2.05, 4.69) is 20.7 Å². The lowest BCUT2D eigenvalue weighted by molar-refractivity contribution is 0.259. The standard InChI is InChI=1S/C15H13Cl2N5O/c16-12-6-5-10(9-13(12)17)18-14-4-2-1-3-11(14)15-19-21-22(20-15)7-8-23/h1-6,9,18,23H,7-8H2. The maximum Gasteiger partial charge on any atom is 0.207 e. The van der Waals surface area contributed by atoms with E-state index in [0.717, 1.165) is 16.9 Å². The van der Waals surface area contributed by atoms with Crippen molar-refractivity contribution in [3.8, 4) is 11.4 Å². The van der Waals surface area contributed by atoms with Crippen LogP contribution in [0.1, 0.15) is 0 Å². The van der Waals surface area contributed by atoms with E-state index in [9.17, 15) is 0 Å². The molecule has 1 aromatic heterocycles. The highest BCUT2D eigenvalue weighted by Gasteiger charge is 2.11. The first-order chi connectivity index (χ1) is 11.2. The van der Waals surface area contributed by atoms with Gasteiger partial charge in [-0.15, -0.1) is 10.2 Å². The van der Waals surface area contributed by atoms with Gasteiger partial charge in [-0.2, -0.15) is 4.80 Å². The van der Waals surface area contributed by atoms with Gasteiger partial charge in [0, 0.05) is 16.9 Å². The Hall–Kier alpha value is -2.15. The molecule has 6 nitrogen and oxygen atoms in total. The van der Waals surface area contributed by atoms with Gasteiger partial charge in [-0.25, -0.2) is 0 Å². The van der Waals surface area contributed by atoms with Crippen LogP contribution >= 0.6 is 23.2 Å². The van der Waals surface area contributed by atoms with E-state index in [1.165, 1.54) is 4.80 Å². The number of tetrazole rings is 1. The molecule has 3 aromatic rings. The maximum absolute atomic E-state index is 8.93. The number of para-hydroxylation sites is 1. The Morgan fingerprint density at radius 2 is 1.91 bits per heavy atom. The Morgan fingerprint density at radius 1 is 1.09 bits per heavy atom. The molecule has 0 spiro atoms. The summed E-state index contributed by atoms with van der Waals surface area (Å²) in [5.41, 5.74) is 2.41. The summed E-state index contributed by atoms with van der Waals surface area (Å²) in [6.07, 6.45) is 0. The first-order valence-corrected chi connectivity index (χ1v) is 7.63. The van der Waals surface area contributed by atoms with Gasteiger partial charge < -0.3 is 10.4 Å². The van der Waals surface area contributed by atoms with E-state index in [1.807, 2.05) is 30.3 Å². The van der Waals surface area contributed by atoms with Crippen LogP contribution in [-0.2, 0) is 6.54 Å². The van der Waals surface area contributed by atoms with E-state index < -0.39 is 0 Å². The second kappa shape index (κ2) is 6.95. The average molecular weight is 350 g/mol. The zero-order chi connectivity index (χ0) is 16.2. The average Bonchev–Trinajstić information content (AvgIpc) is 3.00. The fourth-order valence-corrected chi connectivity index (χ4v) is 2.35. The predicted octanol–water partition coefficient (Wildman–Crippen LogP) is 3.38. The van der Waals surface area contributed by atoms with Gasteiger partial charge in [-0.3, -0.25) is 0 Å². The molecule has 8 heteroatoms. The number of hydrogen-bond donors (Lipinski definition) is 2. The van der Waals surface area contributed by atoms with E-state index in [0.29, 0.717) is 22.4 Å². The van der Waals surface area contributed by atoms with Crippen LogP contribution in [0.5, 0.6) is 0 Å². The maximum atomic E-state index is 8.93. The van der Waals surface area contributed by atoms with Gasteiger partial charge >= 0.3 is 0 Å². The molecule has 3 rings (SSSR count). The monoisotopic (exact) mass is 349 g/mol. The van der Waals surface area contributed by atoms with Crippen LogP contribution in [0.25, 0.3) is 11.4 Å².